The fourth-order valence-electron chi connectivity index (χ4n) is 4.12. The summed E-state index contributed by atoms with van der Waals surface area (Å²) in [6.45, 7) is 12.4. The van der Waals surface area contributed by atoms with Crippen LogP contribution in [0.1, 0.15) is 33.4 Å². The average molecular weight is 346 g/mol. The normalized spacial score (nSPS) is 11.0. The summed E-state index contributed by atoms with van der Waals surface area (Å²) in [7, 11) is 0. The molecule has 2 N–H and O–H groups in total. The Bertz CT molecular complexity index is 888. The zero-order chi connectivity index (χ0) is 19.2. The smallest absolute Gasteiger partial charge is 0.116 e. The van der Waals surface area contributed by atoms with Crippen LogP contribution < -0.4 is 0 Å². The van der Waals surface area contributed by atoms with Gasteiger partial charge in [0.15, 0.2) is 0 Å². The molecule has 0 bridgehead atoms. The SMILES string of the molecule is Cc1cc(C)c(-c2c(C)cc(O)cc2C)cc1-c1c(C)cc(O)cc1C. The molecule has 0 unspecified atom stereocenters. The molecule has 0 saturated heterocycles. The molecule has 3 rings (SSSR count). The first-order valence-corrected chi connectivity index (χ1v) is 8.91. The third-order valence-corrected chi connectivity index (χ3v) is 5.14. The van der Waals surface area contributed by atoms with Crippen molar-refractivity contribution in [1.82, 2.24) is 0 Å². The molecular formula is C24H26O2. The molecule has 0 spiro atoms. The molecule has 0 saturated carbocycles. The maximum atomic E-state index is 9.89. The van der Waals surface area contributed by atoms with Crippen molar-refractivity contribution in [2.45, 2.75) is 41.5 Å². The van der Waals surface area contributed by atoms with E-state index in [1.807, 2.05) is 52.0 Å². The third kappa shape index (κ3) is 3.08. The van der Waals surface area contributed by atoms with Crippen LogP contribution in [0.4, 0.5) is 0 Å². The van der Waals surface area contributed by atoms with Crippen LogP contribution in [0, 0.1) is 41.5 Å². The van der Waals surface area contributed by atoms with E-state index in [2.05, 4.69) is 26.0 Å². The molecule has 2 heteroatoms. The number of aromatic hydroxyl groups is 2. The van der Waals surface area contributed by atoms with E-state index in [0.29, 0.717) is 11.5 Å². The van der Waals surface area contributed by atoms with Crippen molar-refractivity contribution in [3.8, 4) is 33.8 Å². The van der Waals surface area contributed by atoms with E-state index in [4.69, 9.17) is 0 Å². The number of aryl methyl sites for hydroxylation is 6. The van der Waals surface area contributed by atoms with Gasteiger partial charge < -0.3 is 10.2 Å². The second-order valence-electron chi connectivity index (χ2n) is 7.39. The molecule has 0 aliphatic carbocycles. The second kappa shape index (κ2) is 6.53. The van der Waals surface area contributed by atoms with Crippen LogP contribution in [-0.4, -0.2) is 10.2 Å². The van der Waals surface area contributed by atoms with E-state index < -0.39 is 0 Å². The summed E-state index contributed by atoms with van der Waals surface area (Å²) >= 11 is 0. The van der Waals surface area contributed by atoms with E-state index >= 15 is 0 Å². The van der Waals surface area contributed by atoms with Gasteiger partial charge in [-0.25, -0.2) is 0 Å². The Kier molecular flexibility index (Phi) is 4.53. The fourth-order valence-corrected chi connectivity index (χ4v) is 4.12. The molecule has 0 amide bonds. The number of rotatable bonds is 2. The minimum atomic E-state index is 0.305. The first-order chi connectivity index (χ1) is 12.2. The van der Waals surface area contributed by atoms with Crippen molar-refractivity contribution in [2.75, 3.05) is 0 Å². The second-order valence-corrected chi connectivity index (χ2v) is 7.39. The molecule has 3 aromatic carbocycles. The van der Waals surface area contributed by atoms with Gasteiger partial charge in [0, 0.05) is 0 Å². The number of benzene rings is 3. The predicted molar refractivity (Wildman–Crippen MR) is 109 cm³/mol. The maximum absolute atomic E-state index is 9.89. The highest BCUT2D eigenvalue weighted by molar-refractivity contribution is 5.83. The fraction of sp³-hybridized carbons (Fsp3) is 0.250. The highest BCUT2D eigenvalue weighted by Crippen LogP contribution is 2.39. The highest BCUT2D eigenvalue weighted by atomic mass is 16.3. The van der Waals surface area contributed by atoms with Crippen LogP contribution in [0.15, 0.2) is 36.4 Å². The molecule has 0 atom stereocenters. The number of phenols is 2. The summed E-state index contributed by atoms with van der Waals surface area (Å²) in [6, 6.07) is 11.7. The molecule has 3 aromatic rings. The minimum absolute atomic E-state index is 0.305. The van der Waals surface area contributed by atoms with Crippen molar-refractivity contribution in [3.63, 3.8) is 0 Å². The summed E-state index contributed by atoms with van der Waals surface area (Å²) in [5.41, 5.74) is 11.4. The quantitative estimate of drug-likeness (QED) is 0.573. The molecule has 0 radical (unpaired) electrons. The Morgan fingerprint density at radius 2 is 0.731 bits per heavy atom. The molecule has 26 heavy (non-hydrogen) atoms. The van der Waals surface area contributed by atoms with Crippen LogP contribution in [0.25, 0.3) is 22.3 Å². The minimum Gasteiger partial charge on any atom is -0.508 e. The van der Waals surface area contributed by atoms with Crippen molar-refractivity contribution in [2.24, 2.45) is 0 Å². The molecule has 0 aliphatic heterocycles. The van der Waals surface area contributed by atoms with Gasteiger partial charge in [-0.15, -0.1) is 0 Å². The molecule has 2 nitrogen and oxygen atoms in total. The van der Waals surface area contributed by atoms with Gasteiger partial charge >= 0.3 is 0 Å². The Hall–Kier alpha value is -2.74. The summed E-state index contributed by atoms with van der Waals surface area (Å²) in [6.07, 6.45) is 0. The average Bonchev–Trinajstić information content (AvgIpc) is 2.49. The Morgan fingerprint density at radius 3 is 1.04 bits per heavy atom. The van der Waals surface area contributed by atoms with Gasteiger partial charge in [0.25, 0.3) is 0 Å². The Balaban J connectivity index is 2.32. The standard InChI is InChI=1S/C24H26O2/c1-13-7-14(2)22(24-17(5)10-20(26)11-18(24)6)12-21(13)23-15(3)8-19(25)9-16(23)4/h7-12,25-26H,1-6H3. The van der Waals surface area contributed by atoms with Gasteiger partial charge in [0.1, 0.15) is 11.5 Å². The van der Waals surface area contributed by atoms with Crippen molar-refractivity contribution in [3.05, 3.63) is 69.8 Å². The van der Waals surface area contributed by atoms with Gasteiger partial charge in [0.05, 0.1) is 0 Å². The first kappa shape index (κ1) is 18.1. The van der Waals surface area contributed by atoms with Gasteiger partial charge in [-0.3, -0.25) is 0 Å². The van der Waals surface area contributed by atoms with Crippen LogP contribution >= 0.6 is 0 Å². The molecule has 0 aromatic heterocycles. The van der Waals surface area contributed by atoms with Gasteiger partial charge in [0.2, 0.25) is 0 Å². The lowest BCUT2D eigenvalue weighted by Gasteiger charge is -2.19. The van der Waals surface area contributed by atoms with Crippen molar-refractivity contribution < 1.29 is 10.2 Å². The third-order valence-electron chi connectivity index (χ3n) is 5.14. The maximum Gasteiger partial charge on any atom is 0.116 e. The topological polar surface area (TPSA) is 40.5 Å². The lowest BCUT2D eigenvalue weighted by atomic mass is 9.86. The molecule has 134 valence electrons. The van der Waals surface area contributed by atoms with Gasteiger partial charge in [-0.1, -0.05) is 6.07 Å². The van der Waals surface area contributed by atoms with Crippen molar-refractivity contribution >= 4 is 0 Å². The molecule has 0 heterocycles. The number of hydrogen-bond acceptors (Lipinski definition) is 2. The van der Waals surface area contributed by atoms with E-state index in [0.717, 1.165) is 22.3 Å². The summed E-state index contributed by atoms with van der Waals surface area (Å²) in [5.74, 6) is 0.609. The van der Waals surface area contributed by atoms with E-state index in [1.54, 1.807) is 0 Å². The van der Waals surface area contributed by atoms with Crippen LogP contribution in [0.5, 0.6) is 11.5 Å². The number of hydrogen-bond donors (Lipinski definition) is 2. The van der Waals surface area contributed by atoms with Crippen molar-refractivity contribution in [1.29, 1.82) is 0 Å². The summed E-state index contributed by atoms with van der Waals surface area (Å²) < 4.78 is 0. The Labute approximate surface area is 155 Å². The first-order valence-electron chi connectivity index (χ1n) is 8.91. The largest absolute Gasteiger partial charge is 0.508 e. The predicted octanol–water partition coefficient (Wildman–Crippen LogP) is 6.28. The highest BCUT2D eigenvalue weighted by Gasteiger charge is 2.16. The zero-order valence-corrected chi connectivity index (χ0v) is 16.4. The monoisotopic (exact) mass is 346 g/mol. The molecular weight excluding hydrogens is 320 g/mol. The summed E-state index contributed by atoms with van der Waals surface area (Å²) in [4.78, 5) is 0. The van der Waals surface area contributed by atoms with Gasteiger partial charge in [-0.2, -0.15) is 0 Å². The lowest BCUT2D eigenvalue weighted by molar-refractivity contribution is 0.474. The molecule has 0 fully saturated rings. The van der Waals surface area contributed by atoms with Gasteiger partial charge in [-0.05, 0) is 128 Å². The van der Waals surface area contributed by atoms with E-state index in [1.165, 1.54) is 33.4 Å². The van der Waals surface area contributed by atoms with Crippen LogP contribution in [-0.2, 0) is 0 Å². The summed E-state index contributed by atoms with van der Waals surface area (Å²) in [5, 5.41) is 19.8. The zero-order valence-electron chi connectivity index (χ0n) is 16.4. The molecule has 0 aliphatic rings. The van der Waals surface area contributed by atoms with E-state index in [-0.39, 0.29) is 0 Å². The Morgan fingerprint density at radius 1 is 0.423 bits per heavy atom. The van der Waals surface area contributed by atoms with Crippen LogP contribution in [0.3, 0.4) is 0 Å². The lowest BCUT2D eigenvalue weighted by Crippen LogP contribution is -1.96. The number of phenolic OH excluding ortho intramolecular Hbond substituents is 2. The van der Waals surface area contributed by atoms with Crippen LogP contribution in [0.2, 0.25) is 0 Å². The van der Waals surface area contributed by atoms with E-state index in [9.17, 15) is 10.2 Å².